The van der Waals surface area contributed by atoms with Gasteiger partial charge in [-0.05, 0) is 49.1 Å². The number of fused-ring (bicyclic) bond motifs is 2. The summed E-state index contributed by atoms with van der Waals surface area (Å²) in [6.07, 6.45) is 5.45. The molecule has 1 heterocycles. The molecular formula is C19H26N2O4S. The quantitative estimate of drug-likeness (QED) is 0.854. The van der Waals surface area contributed by atoms with E-state index in [1.807, 2.05) is 0 Å². The predicted molar refractivity (Wildman–Crippen MR) is 98.2 cm³/mol. The van der Waals surface area contributed by atoms with Crippen molar-refractivity contribution in [3.63, 3.8) is 0 Å². The lowest BCUT2D eigenvalue weighted by molar-refractivity contribution is -0.117. The average molecular weight is 378 g/mol. The summed E-state index contributed by atoms with van der Waals surface area (Å²) in [7, 11) is -3.64. The summed E-state index contributed by atoms with van der Waals surface area (Å²) >= 11 is 0. The molecule has 0 unspecified atom stereocenters. The van der Waals surface area contributed by atoms with Gasteiger partial charge < -0.3 is 10.1 Å². The number of carbonyl (C=O) groups excluding carboxylic acids is 1. The Balaban J connectivity index is 1.47. The fourth-order valence-corrected chi connectivity index (χ4v) is 6.34. The van der Waals surface area contributed by atoms with E-state index in [1.54, 1.807) is 24.3 Å². The van der Waals surface area contributed by atoms with Gasteiger partial charge in [-0.25, -0.2) is 8.42 Å². The van der Waals surface area contributed by atoms with Gasteiger partial charge in [0, 0.05) is 19.5 Å². The highest BCUT2D eigenvalue weighted by Crippen LogP contribution is 2.49. The SMILES string of the molecule is O=C(C[C@@H]1C[C@H]2CC[C@H]1C2)Nc1ccccc1S(=O)(=O)N1CCOCC1. The van der Waals surface area contributed by atoms with Gasteiger partial charge in [-0.15, -0.1) is 0 Å². The standard InChI is InChI=1S/C19H26N2O4S/c22-19(13-16-12-14-5-6-15(16)11-14)20-17-3-1-2-4-18(17)26(23,24)21-7-9-25-10-8-21/h1-4,14-16H,5-13H2,(H,20,22)/t14-,15-,16-/m0/s1. The maximum absolute atomic E-state index is 13.0. The summed E-state index contributed by atoms with van der Waals surface area (Å²) in [5.41, 5.74) is 0.382. The van der Waals surface area contributed by atoms with Crippen LogP contribution in [0.5, 0.6) is 0 Å². The Kier molecular flexibility index (Phi) is 5.03. The molecule has 1 saturated heterocycles. The van der Waals surface area contributed by atoms with Crippen LogP contribution in [-0.2, 0) is 19.6 Å². The lowest BCUT2D eigenvalue weighted by Gasteiger charge is -2.27. The fraction of sp³-hybridized carbons (Fsp3) is 0.632. The molecule has 2 aliphatic carbocycles. The number of nitrogens with zero attached hydrogens (tertiary/aromatic N) is 1. The molecule has 2 saturated carbocycles. The molecule has 142 valence electrons. The van der Waals surface area contributed by atoms with Gasteiger partial charge in [-0.1, -0.05) is 18.6 Å². The van der Waals surface area contributed by atoms with Crippen molar-refractivity contribution in [2.45, 2.75) is 37.0 Å². The Morgan fingerprint density at radius 2 is 1.92 bits per heavy atom. The Morgan fingerprint density at radius 1 is 1.15 bits per heavy atom. The topological polar surface area (TPSA) is 75.7 Å². The number of anilines is 1. The first-order valence-electron chi connectivity index (χ1n) is 9.51. The van der Waals surface area contributed by atoms with Crippen LogP contribution in [0.1, 0.15) is 32.1 Å². The van der Waals surface area contributed by atoms with Gasteiger partial charge in [0.15, 0.2) is 0 Å². The van der Waals surface area contributed by atoms with Gasteiger partial charge in [-0.3, -0.25) is 4.79 Å². The minimum absolute atomic E-state index is 0.0767. The fourth-order valence-electron chi connectivity index (χ4n) is 4.79. The highest BCUT2D eigenvalue weighted by atomic mass is 32.2. The average Bonchev–Trinajstić information content (AvgIpc) is 3.26. The van der Waals surface area contributed by atoms with E-state index < -0.39 is 10.0 Å². The molecular weight excluding hydrogens is 352 g/mol. The van der Waals surface area contributed by atoms with Crippen LogP contribution < -0.4 is 5.32 Å². The predicted octanol–water partition coefficient (Wildman–Crippen LogP) is 2.47. The normalized spacial score (nSPS) is 29.0. The molecule has 3 aliphatic rings. The maximum Gasteiger partial charge on any atom is 0.245 e. The molecule has 1 aliphatic heterocycles. The third-order valence-corrected chi connectivity index (χ3v) is 8.04. The van der Waals surface area contributed by atoms with Crippen molar-refractivity contribution in [2.24, 2.45) is 17.8 Å². The van der Waals surface area contributed by atoms with Gasteiger partial charge in [-0.2, -0.15) is 4.31 Å². The van der Waals surface area contributed by atoms with Crippen LogP contribution in [-0.4, -0.2) is 44.9 Å². The van der Waals surface area contributed by atoms with Crippen LogP contribution in [0.25, 0.3) is 0 Å². The van der Waals surface area contributed by atoms with E-state index in [2.05, 4.69) is 5.32 Å². The minimum atomic E-state index is -3.64. The zero-order valence-corrected chi connectivity index (χ0v) is 15.7. The van der Waals surface area contributed by atoms with Crippen LogP contribution >= 0.6 is 0 Å². The van der Waals surface area contributed by atoms with E-state index in [4.69, 9.17) is 4.74 Å². The molecule has 0 radical (unpaired) electrons. The molecule has 7 heteroatoms. The highest BCUT2D eigenvalue weighted by Gasteiger charge is 2.40. The molecule has 1 aromatic rings. The summed E-state index contributed by atoms with van der Waals surface area (Å²) in [5, 5.41) is 2.87. The van der Waals surface area contributed by atoms with E-state index in [0.29, 0.717) is 50.2 Å². The van der Waals surface area contributed by atoms with Crippen molar-refractivity contribution in [3.8, 4) is 0 Å². The number of nitrogens with one attached hydrogen (secondary N) is 1. The first kappa shape index (κ1) is 17.9. The molecule has 4 rings (SSSR count). The van der Waals surface area contributed by atoms with Crippen molar-refractivity contribution in [1.29, 1.82) is 0 Å². The van der Waals surface area contributed by atoms with E-state index in [0.717, 1.165) is 12.3 Å². The number of benzene rings is 1. The number of carbonyl (C=O) groups is 1. The molecule has 0 spiro atoms. The molecule has 2 bridgehead atoms. The molecule has 3 atom stereocenters. The van der Waals surface area contributed by atoms with E-state index in [9.17, 15) is 13.2 Å². The summed E-state index contributed by atoms with van der Waals surface area (Å²) in [5.74, 6) is 1.86. The molecule has 0 aromatic heterocycles. The molecule has 1 N–H and O–H groups in total. The van der Waals surface area contributed by atoms with Crippen molar-refractivity contribution in [3.05, 3.63) is 24.3 Å². The van der Waals surface area contributed by atoms with Gasteiger partial charge in [0.25, 0.3) is 0 Å². The number of sulfonamides is 1. The van der Waals surface area contributed by atoms with Gasteiger partial charge >= 0.3 is 0 Å². The zero-order chi connectivity index (χ0) is 18.1. The highest BCUT2D eigenvalue weighted by molar-refractivity contribution is 7.89. The summed E-state index contributed by atoms with van der Waals surface area (Å²) < 4.78 is 32.6. The number of para-hydroxylation sites is 1. The molecule has 26 heavy (non-hydrogen) atoms. The van der Waals surface area contributed by atoms with Gasteiger partial charge in [0.05, 0.1) is 18.9 Å². The smallest absolute Gasteiger partial charge is 0.245 e. The van der Waals surface area contributed by atoms with Crippen LogP contribution in [0, 0.1) is 17.8 Å². The van der Waals surface area contributed by atoms with E-state index in [1.165, 1.54) is 23.6 Å². The van der Waals surface area contributed by atoms with Crippen molar-refractivity contribution in [2.75, 3.05) is 31.6 Å². The largest absolute Gasteiger partial charge is 0.379 e. The first-order chi connectivity index (χ1) is 12.5. The zero-order valence-electron chi connectivity index (χ0n) is 14.9. The van der Waals surface area contributed by atoms with Gasteiger partial charge in [0.2, 0.25) is 15.9 Å². The Labute approximate surface area is 155 Å². The van der Waals surface area contributed by atoms with E-state index >= 15 is 0 Å². The Hall–Kier alpha value is -1.44. The number of ether oxygens (including phenoxy) is 1. The van der Waals surface area contributed by atoms with Crippen LogP contribution in [0.2, 0.25) is 0 Å². The minimum Gasteiger partial charge on any atom is -0.379 e. The van der Waals surface area contributed by atoms with Crippen LogP contribution in [0.4, 0.5) is 5.69 Å². The molecule has 1 aromatic carbocycles. The van der Waals surface area contributed by atoms with Crippen molar-refractivity contribution >= 4 is 21.6 Å². The van der Waals surface area contributed by atoms with Crippen molar-refractivity contribution in [1.82, 2.24) is 4.31 Å². The van der Waals surface area contributed by atoms with Crippen LogP contribution in [0.15, 0.2) is 29.2 Å². The summed E-state index contributed by atoms with van der Waals surface area (Å²) in [6.45, 7) is 1.49. The summed E-state index contributed by atoms with van der Waals surface area (Å²) in [6, 6.07) is 6.69. The van der Waals surface area contributed by atoms with Crippen molar-refractivity contribution < 1.29 is 17.9 Å². The second-order valence-electron chi connectivity index (χ2n) is 7.70. The third kappa shape index (κ3) is 3.52. The molecule has 3 fully saturated rings. The maximum atomic E-state index is 13.0. The Morgan fingerprint density at radius 3 is 2.62 bits per heavy atom. The second kappa shape index (κ2) is 7.29. The number of amides is 1. The third-order valence-electron chi connectivity index (χ3n) is 6.08. The van der Waals surface area contributed by atoms with Crippen LogP contribution in [0.3, 0.4) is 0 Å². The molecule has 1 amide bonds. The monoisotopic (exact) mass is 378 g/mol. The number of hydrogen-bond donors (Lipinski definition) is 1. The second-order valence-corrected chi connectivity index (χ2v) is 9.61. The lowest BCUT2D eigenvalue weighted by atomic mass is 9.86. The van der Waals surface area contributed by atoms with E-state index in [-0.39, 0.29) is 10.8 Å². The first-order valence-corrected chi connectivity index (χ1v) is 10.9. The number of rotatable bonds is 5. The lowest BCUT2D eigenvalue weighted by Crippen LogP contribution is -2.40. The Bertz CT molecular complexity index is 773. The van der Waals surface area contributed by atoms with Gasteiger partial charge in [0.1, 0.15) is 4.90 Å². The number of morpholine rings is 1. The molecule has 6 nitrogen and oxygen atoms in total. The summed E-state index contributed by atoms with van der Waals surface area (Å²) in [4.78, 5) is 12.7. The number of hydrogen-bond acceptors (Lipinski definition) is 4.